The van der Waals surface area contributed by atoms with Gasteiger partial charge in [-0.1, -0.05) is 27.7 Å². The molecule has 1 unspecified atom stereocenters. The van der Waals surface area contributed by atoms with Crippen LogP contribution in [0.5, 0.6) is 0 Å². The minimum Gasteiger partial charge on any atom is -0.316 e. The first-order valence-electron chi connectivity index (χ1n) is 6.08. The summed E-state index contributed by atoms with van der Waals surface area (Å²) in [5.74, 6) is 0.449. The van der Waals surface area contributed by atoms with Gasteiger partial charge in [0.15, 0.2) is 0 Å². The van der Waals surface area contributed by atoms with E-state index in [1.807, 2.05) is 0 Å². The van der Waals surface area contributed by atoms with Crippen molar-refractivity contribution in [2.45, 2.75) is 53.4 Å². The smallest absolute Gasteiger partial charge is 0.140 e. The molecule has 1 heterocycles. The van der Waals surface area contributed by atoms with Gasteiger partial charge in [-0.15, -0.1) is 0 Å². The summed E-state index contributed by atoms with van der Waals surface area (Å²) in [5.41, 5.74) is 0.178. The molecule has 1 N–H and O–H groups in total. The predicted octanol–water partition coefficient (Wildman–Crippen LogP) is 2.77. The fourth-order valence-electron chi connectivity index (χ4n) is 2.08. The van der Waals surface area contributed by atoms with E-state index >= 15 is 0 Å². The highest BCUT2D eigenvalue weighted by Crippen LogP contribution is 2.30. The lowest BCUT2D eigenvalue weighted by Crippen LogP contribution is -2.43. The molecule has 0 aromatic heterocycles. The molecule has 1 fully saturated rings. The number of piperidine rings is 1. The third-order valence-corrected chi connectivity index (χ3v) is 3.37. The molecule has 0 bridgehead atoms. The Bertz CT molecular complexity index is 221. The van der Waals surface area contributed by atoms with Crippen molar-refractivity contribution in [1.29, 1.82) is 0 Å². The van der Waals surface area contributed by atoms with E-state index in [1.54, 1.807) is 0 Å². The lowest BCUT2D eigenvalue weighted by atomic mass is 9.75. The van der Waals surface area contributed by atoms with Gasteiger partial charge in [0.25, 0.3) is 0 Å². The van der Waals surface area contributed by atoms with Gasteiger partial charge in [0.2, 0.25) is 0 Å². The van der Waals surface area contributed by atoms with E-state index in [-0.39, 0.29) is 10.8 Å². The van der Waals surface area contributed by atoms with Gasteiger partial charge in [-0.2, -0.15) is 0 Å². The molecule has 0 radical (unpaired) electrons. The van der Waals surface area contributed by atoms with Gasteiger partial charge in [0.1, 0.15) is 5.78 Å². The number of carbonyl (C=O) groups is 1. The SMILES string of the molecule is CC(C)(C)CCC(=O)C1(C)CCCNC1. The lowest BCUT2D eigenvalue weighted by molar-refractivity contribution is -0.129. The molecular formula is C13H25NO. The first-order valence-corrected chi connectivity index (χ1v) is 6.08. The zero-order valence-electron chi connectivity index (χ0n) is 10.7. The van der Waals surface area contributed by atoms with Gasteiger partial charge in [-0.25, -0.2) is 0 Å². The third-order valence-electron chi connectivity index (χ3n) is 3.37. The quantitative estimate of drug-likeness (QED) is 0.777. The summed E-state index contributed by atoms with van der Waals surface area (Å²) < 4.78 is 0. The normalized spacial score (nSPS) is 27.7. The number of ketones is 1. The van der Waals surface area contributed by atoms with Crippen LogP contribution in [-0.2, 0) is 4.79 Å². The van der Waals surface area contributed by atoms with Gasteiger partial charge in [0, 0.05) is 18.4 Å². The average Bonchev–Trinajstić information content (AvgIpc) is 2.14. The molecule has 1 rings (SSSR count). The van der Waals surface area contributed by atoms with Crippen molar-refractivity contribution < 1.29 is 4.79 Å². The van der Waals surface area contributed by atoms with Crippen LogP contribution in [0.4, 0.5) is 0 Å². The van der Waals surface area contributed by atoms with Crippen molar-refractivity contribution in [2.24, 2.45) is 10.8 Å². The van der Waals surface area contributed by atoms with E-state index in [4.69, 9.17) is 0 Å². The second kappa shape index (κ2) is 4.65. The minimum atomic E-state index is -0.0937. The summed E-state index contributed by atoms with van der Waals surface area (Å²) in [6.07, 6.45) is 3.93. The zero-order valence-corrected chi connectivity index (χ0v) is 10.7. The van der Waals surface area contributed by atoms with Gasteiger partial charge < -0.3 is 5.32 Å². The highest BCUT2D eigenvalue weighted by atomic mass is 16.1. The van der Waals surface area contributed by atoms with Gasteiger partial charge in [-0.3, -0.25) is 4.79 Å². The Balaban J connectivity index is 2.45. The maximum Gasteiger partial charge on any atom is 0.140 e. The largest absolute Gasteiger partial charge is 0.316 e. The molecule has 15 heavy (non-hydrogen) atoms. The van der Waals surface area contributed by atoms with Gasteiger partial charge in [0.05, 0.1) is 0 Å². The molecule has 0 aromatic rings. The predicted molar refractivity (Wildman–Crippen MR) is 63.9 cm³/mol. The molecule has 2 heteroatoms. The molecule has 1 aliphatic rings. The van der Waals surface area contributed by atoms with Crippen LogP contribution in [0.3, 0.4) is 0 Å². The molecule has 0 spiro atoms. The maximum atomic E-state index is 12.1. The third kappa shape index (κ3) is 3.94. The van der Waals surface area contributed by atoms with E-state index in [2.05, 4.69) is 33.0 Å². The van der Waals surface area contributed by atoms with Crippen molar-refractivity contribution in [1.82, 2.24) is 5.32 Å². The van der Waals surface area contributed by atoms with Crippen LogP contribution in [-0.4, -0.2) is 18.9 Å². The molecule has 0 aromatic carbocycles. The van der Waals surface area contributed by atoms with Gasteiger partial charge in [-0.05, 0) is 31.2 Å². The van der Waals surface area contributed by atoms with Crippen molar-refractivity contribution in [3.05, 3.63) is 0 Å². The van der Waals surface area contributed by atoms with E-state index in [0.29, 0.717) is 5.78 Å². The number of carbonyl (C=O) groups excluding carboxylic acids is 1. The summed E-state index contributed by atoms with van der Waals surface area (Å²) >= 11 is 0. The summed E-state index contributed by atoms with van der Waals surface area (Å²) in [7, 11) is 0. The molecule has 1 atom stereocenters. The Hall–Kier alpha value is -0.370. The van der Waals surface area contributed by atoms with Crippen LogP contribution in [0.1, 0.15) is 53.4 Å². The average molecular weight is 211 g/mol. The van der Waals surface area contributed by atoms with Crippen LogP contribution in [0.25, 0.3) is 0 Å². The molecular weight excluding hydrogens is 186 g/mol. The van der Waals surface area contributed by atoms with Crippen molar-refractivity contribution in [2.75, 3.05) is 13.1 Å². The molecule has 88 valence electrons. The van der Waals surface area contributed by atoms with E-state index in [9.17, 15) is 4.79 Å². The van der Waals surface area contributed by atoms with Crippen LogP contribution in [0.15, 0.2) is 0 Å². The molecule has 0 saturated carbocycles. The number of nitrogens with one attached hydrogen (secondary N) is 1. The van der Waals surface area contributed by atoms with E-state index < -0.39 is 0 Å². The molecule has 1 aliphatic heterocycles. The van der Waals surface area contributed by atoms with Crippen molar-refractivity contribution >= 4 is 5.78 Å². The lowest BCUT2D eigenvalue weighted by Gasteiger charge is -2.33. The number of hydrogen-bond donors (Lipinski definition) is 1. The van der Waals surface area contributed by atoms with E-state index in [1.165, 1.54) is 0 Å². The first-order chi connectivity index (χ1) is 6.83. The van der Waals surface area contributed by atoms with Crippen LogP contribution < -0.4 is 5.32 Å². The first kappa shape index (κ1) is 12.7. The Morgan fingerprint density at radius 3 is 2.53 bits per heavy atom. The second-order valence-electron chi connectivity index (χ2n) is 6.32. The van der Waals surface area contributed by atoms with Crippen molar-refractivity contribution in [3.63, 3.8) is 0 Å². The minimum absolute atomic E-state index is 0.0937. The Morgan fingerprint density at radius 1 is 1.40 bits per heavy atom. The summed E-state index contributed by atoms with van der Waals surface area (Å²) in [5, 5.41) is 3.33. The summed E-state index contributed by atoms with van der Waals surface area (Å²) in [6, 6.07) is 0. The van der Waals surface area contributed by atoms with Gasteiger partial charge >= 0.3 is 0 Å². The number of rotatable bonds is 3. The number of Topliss-reactive ketones (excluding diaryl/α,β-unsaturated/α-hetero) is 1. The van der Waals surface area contributed by atoms with E-state index in [0.717, 1.165) is 38.8 Å². The topological polar surface area (TPSA) is 29.1 Å². The van der Waals surface area contributed by atoms with Crippen LogP contribution in [0, 0.1) is 10.8 Å². The summed E-state index contributed by atoms with van der Waals surface area (Å²) in [6.45, 7) is 10.6. The summed E-state index contributed by atoms with van der Waals surface area (Å²) in [4.78, 5) is 12.1. The fourth-order valence-corrected chi connectivity index (χ4v) is 2.08. The number of hydrogen-bond acceptors (Lipinski definition) is 2. The fraction of sp³-hybridized carbons (Fsp3) is 0.923. The standard InChI is InChI=1S/C13H25NO/c1-12(2,3)8-6-11(15)13(4)7-5-9-14-10-13/h14H,5-10H2,1-4H3. The highest BCUT2D eigenvalue weighted by Gasteiger charge is 2.34. The Morgan fingerprint density at radius 2 is 2.07 bits per heavy atom. The van der Waals surface area contributed by atoms with Crippen LogP contribution >= 0.6 is 0 Å². The molecule has 1 saturated heterocycles. The molecule has 0 aliphatic carbocycles. The Kier molecular flexibility index (Phi) is 3.93. The Labute approximate surface area is 93.8 Å². The maximum absolute atomic E-state index is 12.1. The van der Waals surface area contributed by atoms with Crippen LogP contribution in [0.2, 0.25) is 0 Å². The zero-order chi connectivity index (χ0) is 11.5. The van der Waals surface area contributed by atoms with Crippen molar-refractivity contribution in [3.8, 4) is 0 Å². The highest BCUT2D eigenvalue weighted by molar-refractivity contribution is 5.84. The monoisotopic (exact) mass is 211 g/mol. The second-order valence-corrected chi connectivity index (χ2v) is 6.32. The molecule has 0 amide bonds. The molecule has 2 nitrogen and oxygen atoms in total.